The molecule has 2 aromatic rings. The third-order valence-electron chi connectivity index (χ3n) is 4.88. The van der Waals surface area contributed by atoms with Gasteiger partial charge in [0.2, 0.25) is 5.91 Å². The van der Waals surface area contributed by atoms with Crippen LogP contribution < -0.4 is 11.1 Å². The molecule has 0 aromatic heterocycles. The molecule has 26 heavy (non-hydrogen) atoms. The molecule has 0 aliphatic carbocycles. The number of nitrogens with one attached hydrogen (secondary N) is 1. The van der Waals surface area contributed by atoms with E-state index in [0.29, 0.717) is 18.7 Å². The lowest BCUT2D eigenvalue weighted by atomic mass is 10.0. The lowest BCUT2D eigenvalue weighted by Crippen LogP contribution is -2.48. The van der Waals surface area contributed by atoms with Crippen LogP contribution in [0.2, 0.25) is 0 Å². The number of piperidine rings is 1. The van der Waals surface area contributed by atoms with Crippen molar-refractivity contribution in [2.45, 2.75) is 31.8 Å². The Morgan fingerprint density at radius 1 is 1.04 bits per heavy atom. The summed E-state index contributed by atoms with van der Waals surface area (Å²) in [6, 6.07) is 16.4. The van der Waals surface area contributed by atoms with Crippen LogP contribution in [0.3, 0.4) is 0 Å². The van der Waals surface area contributed by atoms with Gasteiger partial charge in [-0.1, -0.05) is 48.0 Å². The van der Waals surface area contributed by atoms with Gasteiger partial charge in [-0.15, -0.1) is 0 Å². The summed E-state index contributed by atoms with van der Waals surface area (Å²) in [6.45, 7) is 3.22. The summed E-state index contributed by atoms with van der Waals surface area (Å²) in [4.78, 5) is 26.7. The van der Waals surface area contributed by atoms with Gasteiger partial charge in [0.05, 0.1) is 0 Å². The van der Waals surface area contributed by atoms with Crippen LogP contribution in [-0.2, 0) is 4.79 Å². The molecule has 2 amide bonds. The van der Waals surface area contributed by atoms with Gasteiger partial charge >= 0.3 is 0 Å². The summed E-state index contributed by atoms with van der Waals surface area (Å²) >= 11 is 0. The van der Waals surface area contributed by atoms with E-state index in [1.165, 1.54) is 0 Å². The SMILES string of the molecule is Cc1ccc(C(N)C(=O)N2CCC(NC(=O)c3ccccc3)CC2)cc1. The maximum Gasteiger partial charge on any atom is 0.251 e. The molecule has 1 heterocycles. The summed E-state index contributed by atoms with van der Waals surface area (Å²) < 4.78 is 0. The average Bonchev–Trinajstić information content (AvgIpc) is 2.69. The van der Waals surface area contributed by atoms with Gasteiger partial charge in [0.25, 0.3) is 5.91 Å². The first-order valence-electron chi connectivity index (χ1n) is 9.01. The fourth-order valence-corrected chi connectivity index (χ4v) is 3.22. The molecule has 0 saturated carbocycles. The molecule has 0 bridgehead atoms. The van der Waals surface area contributed by atoms with Gasteiger partial charge in [0.1, 0.15) is 6.04 Å². The molecule has 5 nitrogen and oxygen atoms in total. The number of amides is 2. The second kappa shape index (κ2) is 8.15. The molecule has 136 valence electrons. The summed E-state index contributed by atoms with van der Waals surface area (Å²) in [5.41, 5.74) is 8.78. The van der Waals surface area contributed by atoms with Crippen molar-refractivity contribution < 1.29 is 9.59 Å². The Bertz CT molecular complexity index is 751. The van der Waals surface area contributed by atoms with E-state index in [1.807, 2.05) is 49.4 Å². The molecule has 1 atom stereocenters. The Morgan fingerprint density at radius 2 is 1.65 bits per heavy atom. The predicted molar refractivity (Wildman–Crippen MR) is 102 cm³/mol. The number of nitrogens with two attached hydrogens (primary N) is 1. The van der Waals surface area contributed by atoms with Crippen molar-refractivity contribution in [3.63, 3.8) is 0 Å². The summed E-state index contributed by atoms with van der Waals surface area (Å²) in [6.07, 6.45) is 1.48. The molecule has 0 radical (unpaired) electrons. The lowest BCUT2D eigenvalue weighted by Gasteiger charge is -2.34. The first-order valence-corrected chi connectivity index (χ1v) is 9.01. The molecule has 2 aromatic carbocycles. The zero-order chi connectivity index (χ0) is 18.5. The number of rotatable bonds is 4. The van der Waals surface area contributed by atoms with Gasteiger partial charge in [-0.3, -0.25) is 9.59 Å². The van der Waals surface area contributed by atoms with Crippen molar-refractivity contribution in [2.75, 3.05) is 13.1 Å². The third kappa shape index (κ3) is 4.29. The number of likely N-dealkylation sites (tertiary alicyclic amines) is 1. The zero-order valence-corrected chi connectivity index (χ0v) is 15.0. The van der Waals surface area contributed by atoms with Crippen LogP contribution >= 0.6 is 0 Å². The van der Waals surface area contributed by atoms with Crippen LogP contribution in [0.15, 0.2) is 54.6 Å². The Hall–Kier alpha value is -2.66. The normalized spacial score (nSPS) is 16.2. The Balaban J connectivity index is 1.52. The maximum absolute atomic E-state index is 12.6. The zero-order valence-electron chi connectivity index (χ0n) is 15.0. The van der Waals surface area contributed by atoms with Crippen molar-refractivity contribution in [3.05, 3.63) is 71.3 Å². The van der Waals surface area contributed by atoms with Crippen LogP contribution in [0.4, 0.5) is 0 Å². The van der Waals surface area contributed by atoms with E-state index in [4.69, 9.17) is 5.73 Å². The Kier molecular flexibility index (Phi) is 5.68. The topological polar surface area (TPSA) is 75.4 Å². The molecule has 3 rings (SSSR count). The minimum atomic E-state index is -0.633. The predicted octanol–water partition coefficient (Wildman–Crippen LogP) is 2.42. The molecule has 1 saturated heterocycles. The number of benzene rings is 2. The number of carbonyl (C=O) groups is 2. The van der Waals surface area contributed by atoms with Crippen molar-refractivity contribution >= 4 is 11.8 Å². The molecular formula is C21H25N3O2. The first-order chi connectivity index (χ1) is 12.5. The largest absolute Gasteiger partial charge is 0.349 e. The fourth-order valence-electron chi connectivity index (χ4n) is 3.22. The molecule has 1 unspecified atom stereocenters. The molecule has 3 N–H and O–H groups in total. The van der Waals surface area contributed by atoms with E-state index in [0.717, 1.165) is 24.0 Å². The van der Waals surface area contributed by atoms with Crippen molar-refractivity contribution in [3.8, 4) is 0 Å². The van der Waals surface area contributed by atoms with Gasteiger partial charge in [0, 0.05) is 24.7 Å². The fraction of sp³-hybridized carbons (Fsp3) is 0.333. The lowest BCUT2D eigenvalue weighted by molar-refractivity contribution is -0.133. The van der Waals surface area contributed by atoms with Gasteiger partial charge in [-0.2, -0.15) is 0 Å². The monoisotopic (exact) mass is 351 g/mol. The van der Waals surface area contributed by atoms with E-state index in [2.05, 4.69) is 5.32 Å². The van der Waals surface area contributed by atoms with Gasteiger partial charge in [0.15, 0.2) is 0 Å². The summed E-state index contributed by atoms with van der Waals surface area (Å²) in [5, 5.41) is 3.05. The minimum absolute atomic E-state index is 0.0540. The number of hydrogen-bond donors (Lipinski definition) is 2. The third-order valence-corrected chi connectivity index (χ3v) is 4.88. The number of nitrogens with zero attached hydrogens (tertiary/aromatic N) is 1. The van der Waals surface area contributed by atoms with E-state index in [-0.39, 0.29) is 17.9 Å². The highest BCUT2D eigenvalue weighted by molar-refractivity contribution is 5.94. The van der Waals surface area contributed by atoms with Gasteiger partial charge < -0.3 is 16.0 Å². The first kappa shape index (κ1) is 18.1. The standard InChI is InChI=1S/C21H25N3O2/c1-15-7-9-16(10-8-15)19(22)21(26)24-13-11-18(12-14-24)23-20(25)17-5-3-2-4-6-17/h2-10,18-19H,11-14,22H2,1H3,(H,23,25). The van der Waals surface area contributed by atoms with Crippen LogP contribution in [0, 0.1) is 6.92 Å². The highest BCUT2D eigenvalue weighted by atomic mass is 16.2. The number of carbonyl (C=O) groups excluding carboxylic acids is 2. The highest BCUT2D eigenvalue weighted by Gasteiger charge is 2.27. The van der Waals surface area contributed by atoms with Crippen LogP contribution in [0.5, 0.6) is 0 Å². The van der Waals surface area contributed by atoms with E-state index < -0.39 is 6.04 Å². The van der Waals surface area contributed by atoms with Crippen LogP contribution in [0.25, 0.3) is 0 Å². The summed E-state index contributed by atoms with van der Waals surface area (Å²) in [7, 11) is 0. The van der Waals surface area contributed by atoms with Crippen molar-refractivity contribution in [1.82, 2.24) is 10.2 Å². The Labute approximate surface area is 154 Å². The molecule has 1 aliphatic heterocycles. The van der Waals surface area contributed by atoms with Crippen molar-refractivity contribution in [1.29, 1.82) is 0 Å². The smallest absolute Gasteiger partial charge is 0.251 e. The van der Waals surface area contributed by atoms with Gasteiger partial charge in [-0.25, -0.2) is 0 Å². The van der Waals surface area contributed by atoms with E-state index >= 15 is 0 Å². The molecule has 1 aliphatic rings. The van der Waals surface area contributed by atoms with E-state index in [1.54, 1.807) is 17.0 Å². The highest BCUT2D eigenvalue weighted by Crippen LogP contribution is 2.18. The van der Waals surface area contributed by atoms with Crippen LogP contribution in [0.1, 0.15) is 40.4 Å². The second-order valence-corrected chi connectivity index (χ2v) is 6.83. The second-order valence-electron chi connectivity index (χ2n) is 6.83. The Morgan fingerprint density at radius 3 is 2.27 bits per heavy atom. The molecule has 0 spiro atoms. The minimum Gasteiger partial charge on any atom is -0.349 e. The van der Waals surface area contributed by atoms with Gasteiger partial charge in [-0.05, 0) is 37.5 Å². The average molecular weight is 351 g/mol. The number of hydrogen-bond acceptors (Lipinski definition) is 3. The molecular weight excluding hydrogens is 326 g/mol. The molecule has 1 fully saturated rings. The maximum atomic E-state index is 12.6. The van der Waals surface area contributed by atoms with E-state index in [9.17, 15) is 9.59 Å². The molecule has 5 heteroatoms. The number of aryl methyl sites for hydroxylation is 1. The van der Waals surface area contributed by atoms with Crippen LogP contribution in [-0.4, -0.2) is 35.8 Å². The summed E-state index contributed by atoms with van der Waals surface area (Å²) in [5.74, 6) is -0.117. The van der Waals surface area contributed by atoms with Crippen molar-refractivity contribution in [2.24, 2.45) is 5.73 Å². The quantitative estimate of drug-likeness (QED) is 0.888.